The van der Waals surface area contributed by atoms with Gasteiger partial charge in [0.05, 0.1) is 0 Å². The maximum Gasteiger partial charge on any atom is -0.172 e. The van der Waals surface area contributed by atoms with Crippen LogP contribution in [0.1, 0.15) is 116 Å². The fourth-order valence-electron chi connectivity index (χ4n) is 8.22. The van der Waals surface area contributed by atoms with E-state index >= 15 is 0 Å². The zero-order valence-corrected chi connectivity index (χ0v) is 42.7. The van der Waals surface area contributed by atoms with E-state index in [1.165, 1.54) is 43.8 Å². The SMILES string of the molecule is CC(C)(C)c1cc2[cH-]c3cc(C(C)(C)C)c(C(C)(C)C)cc3c2cc1C(C)(C)C.Clc1cc([C](c2cc(Cl)cc3ccccc23)=[Zr]([Cl])[Cl])c2ccccc2c1.c1cc[cH-]c1. The van der Waals surface area contributed by atoms with E-state index in [-0.39, 0.29) is 21.7 Å². The maximum absolute atomic E-state index is 6.66. The molecular weight excluding hydrogens is 894 g/mol. The Morgan fingerprint density at radius 2 is 0.783 bits per heavy atom. The van der Waals surface area contributed by atoms with Crippen LogP contribution in [0.2, 0.25) is 10.0 Å². The summed E-state index contributed by atoms with van der Waals surface area (Å²) in [5.74, 6) is 0. The van der Waals surface area contributed by atoms with E-state index in [4.69, 9.17) is 40.2 Å². The van der Waals surface area contributed by atoms with Gasteiger partial charge in [-0.25, -0.2) is 12.1 Å². The molecule has 0 N–H and O–H groups in total. The molecule has 0 aromatic heterocycles. The largest absolute Gasteiger partial charge is 0.214 e. The molecule has 0 aliphatic heterocycles. The molecule has 5 heteroatoms. The molecule has 0 aliphatic rings. The van der Waals surface area contributed by atoms with Gasteiger partial charge in [0.2, 0.25) is 0 Å². The number of halogens is 4. The van der Waals surface area contributed by atoms with Crippen LogP contribution in [0.3, 0.4) is 0 Å². The molecule has 312 valence electrons. The van der Waals surface area contributed by atoms with Crippen LogP contribution in [-0.2, 0) is 40.5 Å². The van der Waals surface area contributed by atoms with Crippen LogP contribution in [-0.4, -0.2) is 3.21 Å². The van der Waals surface area contributed by atoms with Crippen LogP contribution >= 0.6 is 40.2 Å². The Bertz CT molecular complexity index is 2630. The summed E-state index contributed by atoms with van der Waals surface area (Å²) in [6.07, 6.45) is 0. The number of hydrogen-bond acceptors (Lipinski definition) is 0. The van der Waals surface area contributed by atoms with Crippen molar-refractivity contribution in [3.05, 3.63) is 177 Å². The maximum atomic E-state index is 6.66. The molecule has 0 heterocycles. The van der Waals surface area contributed by atoms with Crippen LogP contribution in [0.15, 0.2) is 133 Å². The minimum Gasteiger partial charge on any atom is -0.214 e. The molecule has 0 bridgehead atoms. The molecule has 60 heavy (non-hydrogen) atoms. The van der Waals surface area contributed by atoms with Crippen molar-refractivity contribution in [3.8, 4) is 0 Å². The zero-order chi connectivity index (χ0) is 43.9. The second-order valence-corrected chi connectivity index (χ2v) is 29.1. The zero-order valence-electron chi connectivity index (χ0n) is 37.2. The average molecular weight is 952 g/mol. The van der Waals surface area contributed by atoms with Crippen molar-refractivity contribution in [2.45, 2.75) is 105 Å². The second-order valence-electron chi connectivity index (χ2n) is 20.1. The Morgan fingerprint density at radius 3 is 1.10 bits per heavy atom. The summed E-state index contributed by atoms with van der Waals surface area (Å²) in [6.45, 7) is 28.0. The van der Waals surface area contributed by atoms with E-state index in [1.54, 1.807) is 0 Å². The van der Waals surface area contributed by atoms with Gasteiger partial charge in [-0.05, 0) is 21.7 Å². The molecule has 8 rings (SSSR count). The first-order valence-electron chi connectivity index (χ1n) is 20.8. The molecular formula is C55H58Cl4Zr-2. The number of fused-ring (bicyclic) bond motifs is 5. The molecule has 8 aromatic rings. The van der Waals surface area contributed by atoms with Gasteiger partial charge in [0, 0.05) is 0 Å². The van der Waals surface area contributed by atoms with E-state index in [1.807, 2.05) is 91.0 Å². The molecule has 8 aromatic carbocycles. The molecule has 0 amide bonds. The fraction of sp³-hybridized carbons (Fsp3) is 0.291. The smallest absolute Gasteiger partial charge is 0.172 e. The minimum atomic E-state index is -2.88. The van der Waals surface area contributed by atoms with Gasteiger partial charge in [0.15, 0.2) is 0 Å². The summed E-state index contributed by atoms with van der Waals surface area (Å²) >= 11 is 9.93. The Hall–Kier alpha value is -3.03. The number of benzene rings is 6. The minimum absolute atomic E-state index is 0.124. The third kappa shape index (κ3) is 10.4. The van der Waals surface area contributed by atoms with Crippen LogP contribution < -0.4 is 0 Å². The fourth-order valence-corrected chi connectivity index (χ4v) is 13.1. The van der Waals surface area contributed by atoms with Gasteiger partial charge in [0.25, 0.3) is 0 Å². The van der Waals surface area contributed by atoms with E-state index in [2.05, 4.69) is 126 Å². The molecule has 0 atom stereocenters. The van der Waals surface area contributed by atoms with E-state index in [0.717, 1.165) is 35.9 Å². The van der Waals surface area contributed by atoms with Crippen molar-refractivity contribution in [1.29, 1.82) is 0 Å². The topological polar surface area (TPSA) is 0 Å². The average Bonchev–Trinajstić information content (AvgIpc) is 3.84. The Kier molecular flexibility index (Phi) is 13.9. The predicted octanol–water partition coefficient (Wildman–Crippen LogP) is 18.1. The molecule has 0 radical (unpaired) electrons. The first kappa shape index (κ1) is 46.5. The van der Waals surface area contributed by atoms with Crippen molar-refractivity contribution in [3.63, 3.8) is 0 Å². The van der Waals surface area contributed by atoms with Crippen molar-refractivity contribution >= 4 is 86.5 Å². The van der Waals surface area contributed by atoms with E-state index in [0.29, 0.717) is 10.0 Å². The van der Waals surface area contributed by atoms with Crippen molar-refractivity contribution < 1.29 is 18.9 Å². The summed E-state index contributed by atoms with van der Waals surface area (Å²) in [5, 5.41) is 11.2. The van der Waals surface area contributed by atoms with E-state index in [9.17, 15) is 0 Å². The summed E-state index contributed by atoms with van der Waals surface area (Å²) in [4.78, 5) is 0. The van der Waals surface area contributed by atoms with Gasteiger partial charge >= 0.3 is 178 Å². The molecule has 0 saturated carbocycles. The predicted molar refractivity (Wildman–Crippen MR) is 267 cm³/mol. The first-order valence-corrected chi connectivity index (χ1v) is 29.1. The van der Waals surface area contributed by atoms with E-state index < -0.39 is 18.9 Å². The molecule has 0 unspecified atom stereocenters. The van der Waals surface area contributed by atoms with Gasteiger partial charge in [-0.3, -0.25) is 0 Å². The standard InChI is InChI=1S/C29H41.C21H12Cl2.C5H5.2ClH.Zr/c1-26(2,3)22-14-18-13-19-15-23(27(4,5)6)25(29(10,11)12)17-21(19)20(18)16-24(22)28(7,8)9;22-18-10-14-5-1-3-7-20(14)16(12-18)9-17-13-19(23)11-15-6-2-4-8-21(15)17;1-2-4-5-3-1;;;/h13-17H,1-12H3;1-8,10-13H;1-5H;2*1H;/q-1;;-1;;;+2/p-2. The molecule has 0 fully saturated rings. The van der Waals surface area contributed by atoms with Crippen molar-refractivity contribution in [2.24, 2.45) is 0 Å². The van der Waals surface area contributed by atoms with Gasteiger partial charge in [-0.2, -0.15) is 18.2 Å². The van der Waals surface area contributed by atoms with Crippen LogP contribution in [0.5, 0.6) is 0 Å². The number of rotatable bonds is 2. The van der Waals surface area contributed by atoms with Crippen LogP contribution in [0.25, 0.3) is 43.1 Å². The summed E-state index contributed by atoms with van der Waals surface area (Å²) < 4.78 is 0.994. The Balaban J connectivity index is 0.000000181. The normalized spacial score (nSPS) is 12.3. The van der Waals surface area contributed by atoms with Gasteiger partial charge in [0.1, 0.15) is 0 Å². The third-order valence-corrected chi connectivity index (χ3v) is 16.1. The molecule has 0 nitrogen and oxygen atoms in total. The quantitative estimate of drug-likeness (QED) is 0.152. The number of hydrogen-bond donors (Lipinski definition) is 0. The monoisotopic (exact) mass is 948 g/mol. The van der Waals surface area contributed by atoms with Gasteiger partial charge in [-0.1, -0.05) is 117 Å². The molecule has 0 saturated heterocycles. The Labute approximate surface area is 383 Å². The first-order chi connectivity index (χ1) is 27.9. The molecule has 0 aliphatic carbocycles. The Morgan fingerprint density at radius 1 is 0.433 bits per heavy atom. The second kappa shape index (κ2) is 18.0. The van der Waals surface area contributed by atoms with Crippen molar-refractivity contribution in [1.82, 2.24) is 0 Å². The van der Waals surface area contributed by atoms with Crippen molar-refractivity contribution in [2.75, 3.05) is 0 Å². The molecule has 0 spiro atoms. The van der Waals surface area contributed by atoms with Gasteiger partial charge < -0.3 is 0 Å². The van der Waals surface area contributed by atoms with Crippen LogP contribution in [0.4, 0.5) is 0 Å². The van der Waals surface area contributed by atoms with Crippen LogP contribution in [0, 0.1) is 0 Å². The van der Waals surface area contributed by atoms with Gasteiger partial charge in [-0.15, -0.1) is 39.7 Å². The summed E-state index contributed by atoms with van der Waals surface area (Å²) in [6, 6.07) is 46.4. The third-order valence-electron chi connectivity index (χ3n) is 11.1. The summed E-state index contributed by atoms with van der Waals surface area (Å²) in [5.41, 5.74) is 8.40. The summed E-state index contributed by atoms with van der Waals surface area (Å²) in [7, 11) is 13.3.